The SMILES string of the molecule is c1ccc(-n2c3ccc4c5ncccc5n5ccnc5c4c3c3ccc4c(c32)-c2ccccc2C4)cc1. The van der Waals surface area contributed by atoms with Gasteiger partial charge >= 0.3 is 0 Å². The van der Waals surface area contributed by atoms with Crippen molar-refractivity contribution in [2.75, 3.05) is 0 Å². The van der Waals surface area contributed by atoms with Crippen molar-refractivity contribution in [1.82, 2.24) is 18.9 Å². The van der Waals surface area contributed by atoms with Crippen LogP contribution in [0.15, 0.2) is 110 Å². The average molecular weight is 473 g/mol. The van der Waals surface area contributed by atoms with Gasteiger partial charge in [0.2, 0.25) is 0 Å². The monoisotopic (exact) mass is 472 g/mol. The highest BCUT2D eigenvalue weighted by Crippen LogP contribution is 2.47. The molecule has 0 amide bonds. The summed E-state index contributed by atoms with van der Waals surface area (Å²) in [4.78, 5) is 9.69. The van der Waals surface area contributed by atoms with Crippen LogP contribution >= 0.6 is 0 Å². The second-order valence-electron chi connectivity index (χ2n) is 9.87. The first-order valence-corrected chi connectivity index (χ1v) is 12.6. The number of nitrogens with zero attached hydrogens (tertiary/aromatic N) is 4. The van der Waals surface area contributed by atoms with Crippen LogP contribution in [0.3, 0.4) is 0 Å². The van der Waals surface area contributed by atoms with Gasteiger partial charge in [0.25, 0.3) is 0 Å². The van der Waals surface area contributed by atoms with Gasteiger partial charge in [-0.3, -0.25) is 9.38 Å². The van der Waals surface area contributed by atoms with Crippen molar-refractivity contribution in [3.05, 3.63) is 121 Å². The minimum Gasteiger partial charge on any atom is -0.309 e. The van der Waals surface area contributed by atoms with Gasteiger partial charge in [0.15, 0.2) is 0 Å². The molecule has 1 aliphatic rings. The topological polar surface area (TPSA) is 35.1 Å². The maximum atomic E-state index is 4.87. The summed E-state index contributed by atoms with van der Waals surface area (Å²) in [5, 5.41) is 4.77. The Morgan fingerprint density at radius 3 is 2.43 bits per heavy atom. The van der Waals surface area contributed by atoms with E-state index in [1.807, 2.05) is 24.7 Å². The zero-order valence-corrected chi connectivity index (χ0v) is 19.9. The molecule has 4 aromatic carbocycles. The molecule has 37 heavy (non-hydrogen) atoms. The quantitative estimate of drug-likeness (QED) is 0.229. The first kappa shape index (κ1) is 19.3. The predicted octanol–water partition coefficient (Wildman–Crippen LogP) is 7.70. The third-order valence-corrected chi connectivity index (χ3v) is 8.03. The van der Waals surface area contributed by atoms with Gasteiger partial charge in [0.05, 0.1) is 22.1 Å². The number of hydrogen-bond acceptors (Lipinski definition) is 2. The summed E-state index contributed by atoms with van der Waals surface area (Å²) in [6, 6.07) is 32.8. The summed E-state index contributed by atoms with van der Waals surface area (Å²) in [5.74, 6) is 0. The van der Waals surface area contributed by atoms with Crippen LogP contribution in [0.4, 0.5) is 0 Å². The minimum absolute atomic E-state index is 0.967. The van der Waals surface area contributed by atoms with Gasteiger partial charge in [-0.15, -0.1) is 0 Å². The molecule has 0 fully saturated rings. The predicted molar refractivity (Wildman–Crippen MR) is 151 cm³/mol. The summed E-state index contributed by atoms with van der Waals surface area (Å²) in [6.45, 7) is 0. The molecule has 0 radical (unpaired) electrons. The van der Waals surface area contributed by atoms with E-state index >= 15 is 0 Å². The molecule has 0 bridgehead atoms. The lowest BCUT2D eigenvalue weighted by molar-refractivity contribution is 1.18. The third-order valence-electron chi connectivity index (χ3n) is 8.03. The van der Waals surface area contributed by atoms with Gasteiger partial charge < -0.3 is 4.57 Å². The Morgan fingerprint density at radius 1 is 0.622 bits per heavy atom. The molecule has 172 valence electrons. The molecule has 0 saturated carbocycles. The van der Waals surface area contributed by atoms with Crippen LogP contribution < -0.4 is 0 Å². The molecule has 9 rings (SSSR count). The fraction of sp³-hybridized carbons (Fsp3) is 0.0303. The normalized spacial score (nSPS) is 12.8. The van der Waals surface area contributed by atoms with Crippen LogP contribution in [0.1, 0.15) is 11.1 Å². The van der Waals surface area contributed by atoms with Crippen LogP contribution in [-0.4, -0.2) is 18.9 Å². The summed E-state index contributed by atoms with van der Waals surface area (Å²) in [7, 11) is 0. The van der Waals surface area contributed by atoms with Crippen molar-refractivity contribution in [1.29, 1.82) is 0 Å². The lowest BCUT2D eigenvalue weighted by Gasteiger charge is -2.12. The molecular formula is C33H20N4. The second-order valence-corrected chi connectivity index (χ2v) is 9.87. The summed E-state index contributed by atoms with van der Waals surface area (Å²) in [5.41, 5.74) is 12.1. The molecule has 0 spiro atoms. The van der Waals surface area contributed by atoms with E-state index in [0.717, 1.165) is 39.6 Å². The van der Waals surface area contributed by atoms with Crippen LogP contribution in [0.25, 0.3) is 66.1 Å². The van der Waals surface area contributed by atoms with Crippen molar-refractivity contribution in [2.45, 2.75) is 6.42 Å². The summed E-state index contributed by atoms with van der Waals surface area (Å²) >= 11 is 0. The van der Waals surface area contributed by atoms with Crippen molar-refractivity contribution in [3.63, 3.8) is 0 Å². The third kappa shape index (κ3) is 2.37. The fourth-order valence-electron chi connectivity index (χ4n) is 6.57. The molecule has 0 atom stereocenters. The Hall–Kier alpha value is -4.96. The smallest absolute Gasteiger partial charge is 0.145 e. The number of rotatable bonds is 1. The lowest BCUT2D eigenvalue weighted by Crippen LogP contribution is -1.96. The van der Waals surface area contributed by atoms with Gasteiger partial charge in [-0.25, -0.2) is 4.98 Å². The lowest BCUT2D eigenvalue weighted by atomic mass is 9.99. The molecule has 0 unspecified atom stereocenters. The highest BCUT2D eigenvalue weighted by atomic mass is 15.0. The largest absolute Gasteiger partial charge is 0.309 e. The number of hydrogen-bond donors (Lipinski definition) is 0. The van der Waals surface area contributed by atoms with Crippen molar-refractivity contribution >= 4 is 49.3 Å². The highest BCUT2D eigenvalue weighted by Gasteiger charge is 2.26. The van der Waals surface area contributed by atoms with Gasteiger partial charge in [-0.2, -0.15) is 0 Å². The zero-order chi connectivity index (χ0) is 24.1. The first-order chi connectivity index (χ1) is 18.4. The van der Waals surface area contributed by atoms with E-state index in [-0.39, 0.29) is 0 Å². The summed E-state index contributed by atoms with van der Waals surface area (Å²) in [6.07, 6.45) is 6.79. The van der Waals surface area contributed by atoms with E-state index in [9.17, 15) is 0 Å². The molecule has 4 aromatic heterocycles. The van der Waals surface area contributed by atoms with E-state index < -0.39 is 0 Å². The zero-order valence-electron chi connectivity index (χ0n) is 19.9. The van der Waals surface area contributed by atoms with Crippen LogP contribution in [0.5, 0.6) is 0 Å². The fourth-order valence-corrected chi connectivity index (χ4v) is 6.57. The van der Waals surface area contributed by atoms with Crippen molar-refractivity contribution < 1.29 is 0 Å². The highest BCUT2D eigenvalue weighted by molar-refractivity contribution is 6.30. The minimum atomic E-state index is 0.967. The Kier molecular flexibility index (Phi) is 3.55. The van der Waals surface area contributed by atoms with E-state index in [1.165, 1.54) is 44.1 Å². The standard InChI is InChI=1S/C33H20N4/c1-2-8-22(9-3-1)37-26-15-14-24-30(33-35-17-18-36(33)27-11-6-16-34-31(24)27)29(26)25-13-12-21-19-20-7-4-5-10-23(20)28(21)32(25)37/h1-18H,19H2. The van der Waals surface area contributed by atoms with Gasteiger partial charge in [-0.05, 0) is 59.5 Å². The van der Waals surface area contributed by atoms with E-state index in [1.54, 1.807) is 0 Å². The van der Waals surface area contributed by atoms with Gasteiger partial charge in [-0.1, -0.05) is 54.6 Å². The second kappa shape index (κ2) is 6.83. The Morgan fingerprint density at radius 2 is 1.49 bits per heavy atom. The molecule has 0 saturated heterocycles. The van der Waals surface area contributed by atoms with Crippen LogP contribution in [-0.2, 0) is 6.42 Å². The maximum Gasteiger partial charge on any atom is 0.145 e. The Bertz CT molecular complexity index is 2220. The molecule has 4 nitrogen and oxygen atoms in total. The van der Waals surface area contributed by atoms with Crippen molar-refractivity contribution in [2.24, 2.45) is 0 Å². The number of pyridine rings is 2. The Labute approximate surface area is 212 Å². The number of para-hydroxylation sites is 1. The molecule has 4 heterocycles. The number of aromatic nitrogens is 4. The van der Waals surface area contributed by atoms with Crippen LogP contribution in [0, 0.1) is 0 Å². The molecule has 4 heteroatoms. The van der Waals surface area contributed by atoms with E-state index in [0.29, 0.717) is 0 Å². The molecule has 8 aromatic rings. The number of benzene rings is 4. The molecular weight excluding hydrogens is 452 g/mol. The Balaban J connectivity index is 1.59. The maximum absolute atomic E-state index is 4.87. The summed E-state index contributed by atoms with van der Waals surface area (Å²) < 4.78 is 4.63. The van der Waals surface area contributed by atoms with Gasteiger partial charge in [0.1, 0.15) is 5.65 Å². The molecule has 0 aliphatic heterocycles. The van der Waals surface area contributed by atoms with Crippen LogP contribution in [0.2, 0.25) is 0 Å². The number of imidazole rings is 1. The van der Waals surface area contributed by atoms with Crippen molar-refractivity contribution in [3.8, 4) is 16.8 Å². The van der Waals surface area contributed by atoms with Gasteiger partial charge in [0, 0.05) is 51.4 Å². The molecule has 1 aliphatic carbocycles. The first-order valence-electron chi connectivity index (χ1n) is 12.6. The number of fused-ring (bicyclic) bond motifs is 14. The van der Waals surface area contributed by atoms with E-state index in [2.05, 4.69) is 93.9 Å². The molecule has 0 N–H and O–H groups in total. The van der Waals surface area contributed by atoms with E-state index in [4.69, 9.17) is 9.97 Å². The average Bonchev–Trinajstić information content (AvgIpc) is 3.67.